The molecule has 2 aliphatic rings. The Hall–Kier alpha value is -0.160. The van der Waals surface area contributed by atoms with Crippen LogP contribution >= 0.6 is 0 Å². The topological polar surface area (TPSA) is 44.7 Å². The van der Waals surface area contributed by atoms with E-state index < -0.39 is 0 Å². The van der Waals surface area contributed by atoms with Crippen LogP contribution in [-0.4, -0.2) is 61.0 Å². The third kappa shape index (κ3) is 4.50. The van der Waals surface area contributed by atoms with E-state index in [0.717, 1.165) is 19.7 Å². The molecule has 2 atom stereocenters. The summed E-state index contributed by atoms with van der Waals surface area (Å²) in [5, 5.41) is 13.1. The van der Waals surface area contributed by atoms with Crippen LogP contribution in [0.4, 0.5) is 0 Å². The monoisotopic (exact) mass is 256 g/mol. The highest BCUT2D eigenvalue weighted by Crippen LogP contribution is 2.23. The van der Waals surface area contributed by atoms with Crippen LogP contribution in [0, 0.1) is 0 Å². The molecule has 2 fully saturated rings. The molecule has 0 aromatic rings. The van der Waals surface area contributed by atoms with Gasteiger partial charge in [-0.1, -0.05) is 0 Å². The summed E-state index contributed by atoms with van der Waals surface area (Å²) in [6.07, 6.45) is 6.56. The summed E-state index contributed by atoms with van der Waals surface area (Å²) in [4.78, 5) is 2.29. The highest BCUT2D eigenvalue weighted by Gasteiger charge is 2.33. The quantitative estimate of drug-likeness (QED) is 0.713. The molecule has 0 aromatic heterocycles. The van der Waals surface area contributed by atoms with Gasteiger partial charge in [-0.2, -0.15) is 0 Å². The number of rotatable bonds is 7. The first-order valence-corrected chi connectivity index (χ1v) is 7.30. The molecule has 1 aliphatic carbocycles. The molecule has 0 amide bonds. The van der Waals surface area contributed by atoms with Gasteiger partial charge in [0.2, 0.25) is 0 Å². The summed E-state index contributed by atoms with van der Waals surface area (Å²) in [7, 11) is 2.13. The Morgan fingerprint density at radius 1 is 1.33 bits per heavy atom. The Bertz CT molecular complexity index is 252. The van der Waals surface area contributed by atoms with Gasteiger partial charge in [0.25, 0.3) is 0 Å². The van der Waals surface area contributed by atoms with Crippen molar-refractivity contribution in [1.29, 1.82) is 0 Å². The summed E-state index contributed by atoms with van der Waals surface area (Å²) >= 11 is 0. The fourth-order valence-corrected chi connectivity index (χ4v) is 2.82. The Morgan fingerprint density at radius 2 is 2.11 bits per heavy atom. The van der Waals surface area contributed by atoms with Gasteiger partial charge in [0.05, 0.1) is 18.2 Å². The van der Waals surface area contributed by atoms with Crippen molar-refractivity contribution in [2.75, 3.05) is 33.4 Å². The maximum absolute atomic E-state index is 9.60. The minimum absolute atomic E-state index is 0.176. The van der Waals surface area contributed by atoms with Crippen LogP contribution in [0.5, 0.6) is 0 Å². The van der Waals surface area contributed by atoms with E-state index >= 15 is 0 Å². The number of likely N-dealkylation sites (N-methyl/N-ethyl adjacent to an activating group) is 1. The zero-order valence-corrected chi connectivity index (χ0v) is 11.8. The molecule has 1 saturated carbocycles. The molecule has 106 valence electrons. The fraction of sp³-hybridized carbons (Fsp3) is 1.00. The molecule has 4 nitrogen and oxygen atoms in total. The zero-order valence-electron chi connectivity index (χ0n) is 11.8. The predicted molar refractivity (Wildman–Crippen MR) is 72.7 cm³/mol. The Balaban J connectivity index is 1.74. The summed E-state index contributed by atoms with van der Waals surface area (Å²) in [6.45, 7) is 5.07. The van der Waals surface area contributed by atoms with Crippen LogP contribution in [0.2, 0.25) is 0 Å². The van der Waals surface area contributed by atoms with Gasteiger partial charge in [0.15, 0.2) is 0 Å². The summed E-state index contributed by atoms with van der Waals surface area (Å²) in [5.41, 5.74) is -0.176. The molecule has 2 N–H and O–H groups in total. The lowest BCUT2D eigenvalue weighted by molar-refractivity contribution is -0.00714. The SMILES string of the molecule is CN(CC1CCCCO1)CC(C)(CO)NC1CC1. The number of hydrogen-bond donors (Lipinski definition) is 2. The molecule has 1 aliphatic heterocycles. The first-order chi connectivity index (χ1) is 8.61. The Kier molecular flexibility index (Phi) is 5.01. The minimum Gasteiger partial charge on any atom is -0.394 e. The first-order valence-electron chi connectivity index (χ1n) is 7.30. The summed E-state index contributed by atoms with van der Waals surface area (Å²) < 4.78 is 5.77. The molecular formula is C14H28N2O2. The normalized spacial score (nSPS) is 28.3. The van der Waals surface area contributed by atoms with E-state index in [1.165, 1.54) is 32.1 Å². The lowest BCUT2D eigenvalue weighted by Crippen LogP contribution is -2.55. The van der Waals surface area contributed by atoms with Crippen LogP contribution in [0.25, 0.3) is 0 Å². The smallest absolute Gasteiger partial charge is 0.0701 e. The number of aliphatic hydroxyl groups excluding tert-OH is 1. The van der Waals surface area contributed by atoms with Crippen molar-refractivity contribution >= 4 is 0 Å². The molecule has 4 heteroatoms. The van der Waals surface area contributed by atoms with E-state index in [9.17, 15) is 5.11 Å². The van der Waals surface area contributed by atoms with Crippen molar-refractivity contribution < 1.29 is 9.84 Å². The fourth-order valence-electron chi connectivity index (χ4n) is 2.82. The standard InChI is InChI=1S/C14H28N2O2/c1-14(11-17,15-12-6-7-12)10-16(2)9-13-5-3-4-8-18-13/h12-13,15,17H,3-11H2,1-2H3. The van der Waals surface area contributed by atoms with Crippen molar-refractivity contribution in [3.63, 3.8) is 0 Å². The maximum Gasteiger partial charge on any atom is 0.0701 e. The number of ether oxygens (including phenoxy) is 1. The molecule has 0 bridgehead atoms. The van der Waals surface area contributed by atoms with Gasteiger partial charge < -0.3 is 20.1 Å². The first kappa shape index (κ1) is 14.3. The highest BCUT2D eigenvalue weighted by molar-refractivity contribution is 4.94. The largest absolute Gasteiger partial charge is 0.394 e. The second kappa shape index (κ2) is 6.33. The van der Waals surface area contributed by atoms with Crippen LogP contribution in [0.1, 0.15) is 39.0 Å². The van der Waals surface area contributed by atoms with Crippen molar-refractivity contribution in [3.8, 4) is 0 Å². The van der Waals surface area contributed by atoms with Crippen molar-refractivity contribution in [2.24, 2.45) is 0 Å². The molecule has 0 spiro atoms. The Morgan fingerprint density at radius 3 is 2.67 bits per heavy atom. The molecule has 2 unspecified atom stereocenters. The molecule has 0 aromatic carbocycles. The Labute approximate surface area is 111 Å². The van der Waals surface area contributed by atoms with Gasteiger partial charge in [0, 0.05) is 25.7 Å². The predicted octanol–water partition coefficient (Wildman–Crippen LogP) is 0.990. The number of nitrogens with zero attached hydrogens (tertiary/aromatic N) is 1. The number of nitrogens with one attached hydrogen (secondary N) is 1. The second-order valence-corrected chi connectivity index (χ2v) is 6.32. The zero-order chi connectivity index (χ0) is 13.0. The lowest BCUT2D eigenvalue weighted by Gasteiger charge is -2.35. The van der Waals surface area contributed by atoms with Crippen molar-refractivity contribution in [1.82, 2.24) is 10.2 Å². The molecule has 1 heterocycles. The van der Waals surface area contributed by atoms with Gasteiger partial charge in [-0.05, 0) is 46.1 Å². The average Bonchev–Trinajstić information content (AvgIpc) is 3.13. The van der Waals surface area contributed by atoms with Gasteiger partial charge in [0.1, 0.15) is 0 Å². The van der Waals surface area contributed by atoms with E-state index in [1.54, 1.807) is 0 Å². The maximum atomic E-state index is 9.60. The van der Waals surface area contributed by atoms with Crippen molar-refractivity contribution in [2.45, 2.75) is 56.7 Å². The van der Waals surface area contributed by atoms with Gasteiger partial charge in [-0.25, -0.2) is 0 Å². The summed E-state index contributed by atoms with van der Waals surface area (Å²) in [6, 6.07) is 0.626. The molecule has 2 rings (SSSR count). The van der Waals surface area contributed by atoms with Crippen LogP contribution in [0.15, 0.2) is 0 Å². The van der Waals surface area contributed by atoms with Crippen molar-refractivity contribution in [3.05, 3.63) is 0 Å². The highest BCUT2D eigenvalue weighted by atomic mass is 16.5. The van der Waals surface area contributed by atoms with E-state index in [0.29, 0.717) is 12.1 Å². The van der Waals surface area contributed by atoms with E-state index in [-0.39, 0.29) is 12.1 Å². The molecule has 1 saturated heterocycles. The third-order valence-corrected chi connectivity index (χ3v) is 3.89. The molecule has 18 heavy (non-hydrogen) atoms. The minimum atomic E-state index is -0.176. The van der Waals surface area contributed by atoms with Crippen LogP contribution in [-0.2, 0) is 4.74 Å². The number of aliphatic hydroxyl groups is 1. The molecular weight excluding hydrogens is 228 g/mol. The van der Waals surface area contributed by atoms with Gasteiger partial charge >= 0.3 is 0 Å². The van der Waals surface area contributed by atoms with Gasteiger partial charge in [-0.3, -0.25) is 0 Å². The molecule has 0 radical (unpaired) electrons. The third-order valence-electron chi connectivity index (χ3n) is 3.89. The second-order valence-electron chi connectivity index (χ2n) is 6.32. The average molecular weight is 256 g/mol. The van der Waals surface area contributed by atoms with Crippen LogP contribution in [0.3, 0.4) is 0 Å². The summed E-state index contributed by atoms with van der Waals surface area (Å²) in [5.74, 6) is 0. The van der Waals surface area contributed by atoms with Crippen LogP contribution < -0.4 is 5.32 Å². The van der Waals surface area contributed by atoms with E-state index in [4.69, 9.17) is 4.74 Å². The van der Waals surface area contributed by atoms with E-state index in [1.807, 2.05) is 0 Å². The number of hydrogen-bond acceptors (Lipinski definition) is 4. The van der Waals surface area contributed by atoms with Gasteiger partial charge in [-0.15, -0.1) is 0 Å². The van der Waals surface area contributed by atoms with E-state index in [2.05, 4.69) is 24.2 Å². The lowest BCUT2D eigenvalue weighted by atomic mass is 10.0.